The van der Waals surface area contributed by atoms with Gasteiger partial charge in [-0.05, 0) is 17.7 Å². The van der Waals surface area contributed by atoms with Gasteiger partial charge < -0.3 is 4.74 Å². The van der Waals surface area contributed by atoms with E-state index < -0.39 is 6.09 Å². The van der Waals surface area contributed by atoms with Crippen LogP contribution in [0.5, 0.6) is 0 Å². The van der Waals surface area contributed by atoms with E-state index in [0.29, 0.717) is 5.69 Å². The normalized spacial score (nSPS) is 10.0. The molecule has 2 aromatic rings. The summed E-state index contributed by atoms with van der Waals surface area (Å²) in [6.07, 6.45) is 1.32. The molecule has 0 saturated carbocycles. The average Bonchev–Trinajstić information content (AvgIpc) is 2.72. The van der Waals surface area contributed by atoms with Crippen LogP contribution in [0.1, 0.15) is 11.3 Å². The molecule has 4 heteroatoms. The van der Waals surface area contributed by atoms with Crippen molar-refractivity contribution in [2.24, 2.45) is 0 Å². The Balaban J connectivity index is 2.87. The maximum atomic E-state index is 11.8. The monoisotopic (exact) mass is 240 g/mol. The van der Waals surface area contributed by atoms with Gasteiger partial charge in [0, 0.05) is 5.39 Å². The van der Waals surface area contributed by atoms with Crippen molar-refractivity contribution in [3.05, 3.63) is 42.1 Å². The highest BCUT2D eigenvalue weighted by Gasteiger charge is 2.19. The van der Waals surface area contributed by atoms with Crippen molar-refractivity contribution >= 4 is 23.1 Å². The lowest BCUT2D eigenvalue weighted by Crippen LogP contribution is -2.12. The summed E-state index contributed by atoms with van der Waals surface area (Å²) in [5, 5.41) is 9.77. The van der Waals surface area contributed by atoms with Gasteiger partial charge in [0.05, 0.1) is 30.8 Å². The first-order chi connectivity index (χ1) is 8.74. The maximum Gasteiger partial charge on any atom is 0.418 e. The molecular formula is C14H12N2O2. The third-order valence-corrected chi connectivity index (χ3v) is 2.83. The van der Waals surface area contributed by atoms with Crippen LogP contribution in [0.4, 0.5) is 4.79 Å². The summed E-state index contributed by atoms with van der Waals surface area (Å²) in [5.74, 6) is 0. The lowest BCUT2D eigenvalue weighted by Gasteiger charge is -2.04. The SMILES string of the molecule is C=Cc1c(CC#N)c2ccccc2n1C(=O)OC. The number of benzene rings is 1. The van der Waals surface area contributed by atoms with Gasteiger partial charge in [0.1, 0.15) is 0 Å². The number of carbonyl (C=O) groups excluding carboxylic acids is 1. The van der Waals surface area contributed by atoms with Crippen molar-refractivity contribution in [3.8, 4) is 6.07 Å². The van der Waals surface area contributed by atoms with Crippen LogP contribution in [-0.4, -0.2) is 17.8 Å². The first kappa shape index (κ1) is 11.9. The summed E-state index contributed by atoms with van der Waals surface area (Å²) in [6, 6.07) is 9.52. The van der Waals surface area contributed by atoms with E-state index in [1.165, 1.54) is 11.7 Å². The lowest BCUT2D eigenvalue weighted by atomic mass is 10.1. The highest BCUT2D eigenvalue weighted by Crippen LogP contribution is 2.27. The predicted octanol–water partition coefficient (Wildman–Crippen LogP) is 2.96. The maximum absolute atomic E-state index is 11.8. The number of nitrogens with zero attached hydrogens (tertiary/aromatic N) is 2. The molecule has 0 atom stereocenters. The molecule has 0 saturated heterocycles. The third kappa shape index (κ3) is 1.66. The van der Waals surface area contributed by atoms with Crippen molar-refractivity contribution in [2.45, 2.75) is 6.42 Å². The van der Waals surface area contributed by atoms with Crippen LogP contribution < -0.4 is 0 Å². The molecule has 0 amide bonds. The number of carbonyl (C=O) groups is 1. The van der Waals surface area contributed by atoms with E-state index in [4.69, 9.17) is 10.00 Å². The Kier molecular flexibility index (Phi) is 3.16. The van der Waals surface area contributed by atoms with Gasteiger partial charge in [-0.15, -0.1) is 0 Å². The number of aromatic nitrogens is 1. The summed E-state index contributed by atoms with van der Waals surface area (Å²) in [7, 11) is 1.33. The molecule has 1 aromatic heterocycles. The van der Waals surface area contributed by atoms with Crippen molar-refractivity contribution in [3.63, 3.8) is 0 Å². The Hall–Kier alpha value is -2.54. The quantitative estimate of drug-likeness (QED) is 0.810. The van der Waals surface area contributed by atoms with Crippen LogP contribution in [0.25, 0.3) is 17.0 Å². The number of hydrogen-bond donors (Lipinski definition) is 0. The number of nitriles is 1. The van der Waals surface area contributed by atoms with Gasteiger partial charge in [-0.2, -0.15) is 5.26 Å². The van der Waals surface area contributed by atoms with Crippen LogP contribution in [0, 0.1) is 11.3 Å². The molecule has 2 rings (SSSR count). The standard InChI is InChI=1S/C14H12N2O2/c1-3-12-11(8-9-15)10-6-4-5-7-13(10)16(12)14(17)18-2/h3-7H,1,8H2,2H3. The van der Waals surface area contributed by atoms with E-state index >= 15 is 0 Å². The number of methoxy groups -OCH3 is 1. The topological polar surface area (TPSA) is 55.0 Å². The van der Waals surface area contributed by atoms with Crippen molar-refractivity contribution < 1.29 is 9.53 Å². The largest absolute Gasteiger partial charge is 0.452 e. The number of ether oxygens (including phenoxy) is 1. The Morgan fingerprint density at radius 1 is 1.56 bits per heavy atom. The first-order valence-corrected chi connectivity index (χ1v) is 5.44. The second-order valence-corrected chi connectivity index (χ2v) is 3.73. The molecule has 0 fully saturated rings. The minimum absolute atomic E-state index is 0.228. The molecule has 90 valence electrons. The van der Waals surface area contributed by atoms with Crippen molar-refractivity contribution in [1.82, 2.24) is 4.57 Å². The smallest absolute Gasteiger partial charge is 0.418 e. The molecular weight excluding hydrogens is 228 g/mol. The van der Waals surface area contributed by atoms with Gasteiger partial charge in [-0.3, -0.25) is 0 Å². The van der Waals surface area contributed by atoms with Gasteiger partial charge in [0.2, 0.25) is 0 Å². The van der Waals surface area contributed by atoms with Crippen LogP contribution in [0.2, 0.25) is 0 Å². The highest BCUT2D eigenvalue weighted by molar-refractivity contribution is 5.96. The zero-order chi connectivity index (χ0) is 13.1. The van der Waals surface area contributed by atoms with Crippen molar-refractivity contribution in [2.75, 3.05) is 7.11 Å². The predicted molar refractivity (Wildman–Crippen MR) is 69.1 cm³/mol. The van der Waals surface area contributed by atoms with E-state index in [2.05, 4.69) is 12.6 Å². The molecule has 0 aliphatic heterocycles. The number of rotatable bonds is 2. The van der Waals surface area contributed by atoms with Gasteiger partial charge in [0.15, 0.2) is 0 Å². The summed E-state index contributed by atoms with van der Waals surface area (Å²) >= 11 is 0. The number of para-hydroxylation sites is 1. The van der Waals surface area contributed by atoms with Crippen LogP contribution in [0.3, 0.4) is 0 Å². The third-order valence-electron chi connectivity index (χ3n) is 2.83. The van der Waals surface area contributed by atoms with E-state index in [1.54, 1.807) is 6.08 Å². The number of fused-ring (bicyclic) bond motifs is 1. The average molecular weight is 240 g/mol. The molecule has 4 nitrogen and oxygen atoms in total. The number of hydrogen-bond acceptors (Lipinski definition) is 3. The summed E-state index contributed by atoms with van der Waals surface area (Å²) in [5.41, 5.74) is 2.14. The minimum Gasteiger partial charge on any atom is -0.452 e. The van der Waals surface area contributed by atoms with E-state index in [-0.39, 0.29) is 6.42 Å². The Morgan fingerprint density at radius 3 is 2.89 bits per heavy atom. The summed E-state index contributed by atoms with van der Waals surface area (Å²) in [6.45, 7) is 3.71. The fourth-order valence-corrected chi connectivity index (χ4v) is 2.09. The molecule has 0 bridgehead atoms. The Labute approximate surface area is 105 Å². The van der Waals surface area contributed by atoms with Gasteiger partial charge in [-0.1, -0.05) is 24.8 Å². The van der Waals surface area contributed by atoms with E-state index in [9.17, 15) is 4.79 Å². The summed E-state index contributed by atoms with van der Waals surface area (Å²) < 4.78 is 6.21. The van der Waals surface area contributed by atoms with Crippen LogP contribution in [0.15, 0.2) is 30.8 Å². The molecule has 0 unspecified atom stereocenters. The second-order valence-electron chi connectivity index (χ2n) is 3.73. The first-order valence-electron chi connectivity index (χ1n) is 5.44. The van der Waals surface area contributed by atoms with Crippen molar-refractivity contribution in [1.29, 1.82) is 5.26 Å². The molecule has 0 aliphatic carbocycles. The van der Waals surface area contributed by atoms with E-state index in [1.807, 2.05) is 24.3 Å². The molecule has 0 aliphatic rings. The molecule has 18 heavy (non-hydrogen) atoms. The highest BCUT2D eigenvalue weighted by atomic mass is 16.5. The van der Waals surface area contributed by atoms with Gasteiger partial charge >= 0.3 is 6.09 Å². The fraction of sp³-hybridized carbons (Fsp3) is 0.143. The Morgan fingerprint density at radius 2 is 2.28 bits per heavy atom. The van der Waals surface area contributed by atoms with E-state index in [0.717, 1.165) is 16.5 Å². The molecule has 1 heterocycles. The molecule has 0 spiro atoms. The summed E-state index contributed by atoms with van der Waals surface area (Å²) in [4.78, 5) is 11.8. The molecule has 0 N–H and O–H groups in total. The van der Waals surface area contributed by atoms with Gasteiger partial charge in [-0.25, -0.2) is 9.36 Å². The zero-order valence-electron chi connectivity index (χ0n) is 10.0. The molecule has 1 aromatic carbocycles. The zero-order valence-corrected chi connectivity index (χ0v) is 10.0. The fourth-order valence-electron chi connectivity index (χ4n) is 2.09. The van der Waals surface area contributed by atoms with Crippen LogP contribution in [-0.2, 0) is 11.2 Å². The molecule has 0 radical (unpaired) electrons. The van der Waals surface area contributed by atoms with Crippen LogP contribution >= 0.6 is 0 Å². The van der Waals surface area contributed by atoms with Gasteiger partial charge in [0.25, 0.3) is 0 Å². The minimum atomic E-state index is -0.481. The Bertz CT molecular complexity index is 662. The lowest BCUT2D eigenvalue weighted by molar-refractivity contribution is 0.174. The second kappa shape index (κ2) is 4.76.